The minimum Gasteiger partial charge on any atom is -0.466 e. The number of unbranched alkanes of at least 4 members (excludes halogenated alkanes) is 1. The Kier molecular flexibility index (Phi) is 9.04. The SMILES string of the molecule is CCOC(=O)C1CCN(C(=O)CCCCSc2nc3ccccc3c(=O)n2-c2cccc(Cl)c2)CC1. The number of rotatable bonds is 9. The second kappa shape index (κ2) is 12.4. The number of halogens is 1. The lowest BCUT2D eigenvalue weighted by molar-refractivity contribution is -0.151. The predicted molar refractivity (Wildman–Crippen MR) is 143 cm³/mol. The van der Waals surface area contributed by atoms with Gasteiger partial charge in [0.1, 0.15) is 0 Å². The van der Waals surface area contributed by atoms with Crippen molar-refractivity contribution >= 4 is 46.1 Å². The average Bonchev–Trinajstić information content (AvgIpc) is 2.89. The summed E-state index contributed by atoms with van der Waals surface area (Å²) < 4.78 is 6.71. The van der Waals surface area contributed by atoms with Crippen LogP contribution in [-0.4, -0.2) is 51.8 Å². The summed E-state index contributed by atoms with van der Waals surface area (Å²) in [4.78, 5) is 44.4. The van der Waals surface area contributed by atoms with Gasteiger partial charge in [-0.25, -0.2) is 4.98 Å². The van der Waals surface area contributed by atoms with Crippen molar-refractivity contribution in [2.75, 3.05) is 25.4 Å². The summed E-state index contributed by atoms with van der Waals surface area (Å²) in [6.45, 7) is 3.40. The van der Waals surface area contributed by atoms with E-state index in [2.05, 4.69) is 0 Å². The third-order valence-corrected chi connectivity index (χ3v) is 7.56. The van der Waals surface area contributed by atoms with E-state index in [1.165, 1.54) is 11.8 Å². The summed E-state index contributed by atoms with van der Waals surface area (Å²) in [7, 11) is 0. The van der Waals surface area contributed by atoms with Crippen molar-refractivity contribution in [3.05, 3.63) is 63.9 Å². The Labute approximate surface area is 219 Å². The lowest BCUT2D eigenvalue weighted by Crippen LogP contribution is -2.40. The number of ether oxygens (including phenoxy) is 1. The van der Waals surface area contributed by atoms with Crippen molar-refractivity contribution in [2.24, 2.45) is 5.92 Å². The first-order valence-corrected chi connectivity index (χ1v) is 13.7. The molecule has 3 aromatic rings. The van der Waals surface area contributed by atoms with E-state index in [9.17, 15) is 14.4 Å². The van der Waals surface area contributed by atoms with Crippen LogP contribution in [0, 0.1) is 5.92 Å². The second-order valence-corrected chi connectivity index (χ2v) is 10.2. The van der Waals surface area contributed by atoms with Crippen LogP contribution in [0.5, 0.6) is 0 Å². The van der Waals surface area contributed by atoms with Gasteiger partial charge in [0.25, 0.3) is 5.56 Å². The van der Waals surface area contributed by atoms with Crippen molar-refractivity contribution in [1.29, 1.82) is 0 Å². The van der Waals surface area contributed by atoms with Crippen LogP contribution in [0.4, 0.5) is 0 Å². The van der Waals surface area contributed by atoms with Crippen molar-refractivity contribution < 1.29 is 14.3 Å². The maximum absolute atomic E-state index is 13.3. The van der Waals surface area contributed by atoms with Crippen LogP contribution >= 0.6 is 23.4 Å². The monoisotopic (exact) mass is 527 g/mol. The fourth-order valence-corrected chi connectivity index (χ4v) is 5.57. The Morgan fingerprint density at radius 1 is 1.11 bits per heavy atom. The first-order valence-electron chi connectivity index (χ1n) is 12.3. The molecule has 0 aliphatic carbocycles. The van der Waals surface area contributed by atoms with Gasteiger partial charge in [-0.2, -0.15) is 0 Å². The summed E-state index contributed by atoms with van der Waals surface area (Å²) in [5, 5.41) is 1.71. The molecule has 1 aliphatic heterocycles. The molecule has 0 spiro atoms. The maximum Gasteiger partial charge on any atom is 0.309 e. The largest absolute Gasteiger partial charge is 0.466 e. The van der Waals surface area contributed by atoms with E-state index in [1.807, 2.05) is 35.2 Å². The number of esters is 1. The van der Waals surface area contributed by atoms with Crippen molar-refractivity contribution in [1.82, 2.24) is 14.5 Å². The summed E-state index contributed by atoms with van der Waals surface area (Å²) in [5.41, 5.74) is 1.20. The first kappa shape index (κ1) is 26.2. The van der Waals surface area contributed by atoms with Crippen LogP contribution in [0.1, 0.15) is 39.0 Å². The van der Waals surface area contributed by atoms with E-state index in [4.69, 9.17) is 21.3 Å². The molecule has 1 saturated heterocycles. The Morgan fingerprint density at radius 2 is 1.89 bits per heavy atom. The van der Waals surface area contributed by atoms with Gasteiger partial charge < -0.3 is 9.64 Å². The Balaban J connectivity index is 1.34. The zero-order valence-corrected chi connectivity index (χ0v) is 21.9. The van der Waals surface area contributed by atoms with Gasteiger partial charge in [0, 0.05) is 30.3 Å². The number of hydrogen-bond acceptors (Lipinski definition) is 6. The van der Waals surface area contributed by atoms with E-state index in [0.717, 1.165) is 18.6 Å². The molecule has 4 rings (SSSR count). The molecule has 0 saturated carbocycles. The lowest BCUT2D eigenvalue weighted by Gasteiger charge is -2.31. The number of hydrogen-bond donors (Lipinski definition) is 0. The minimum atomic E-state index is -0.153. The van der Waals surface area contributed by atoms with Crippen LogP contribution in [0.2, 0.25) is 5.02 Å². The van der Waals surface area contributed by atoms with Gasteiger partial charge in [-0.05, 0) is 62.9 Å². The van der Waals surface area contributed by atoms with Crippen molar-refractivity contribution in [2.45, 2.75) is 44.2 Å². The molecular weight excluding hydrogens is 498 g/mol. The Hall–Kier alpha value is -2.84. The van der Waals surface area contributed by atoms with Gasteiger partial charge in [-0.15, -0.1) is 0 Å². The molecule has 1 aromatic heterocycles. The number of carbonyl (C=O) groups excluding carboxylic acids is 2. The molecule has 9 heteroatoms. The number of aromatic nitrogens is 2. The number of benzene rings is 2. The number of fused-ring (bicyclic) bond motifs is 1. The zero-order chi connectivity index (χ0) is 25.5. The van der Waals surface area contributed by atoms with E-state index in [-0.39, 0.29) is 23.4 Å². The maximum atomic E-state index is 13.3. The molecule has 2 heterocycles. The molecule has 0 unspecified atom stereocenters. The molecule has 1 amide bonds. The zero-order valence-electron chi connectivity index (χ0n) is 20.3. The van der Waals surface area contributed by atoms with Crippen LogP contribution in [0.25, 0.3) is 16.6 Å². The van der Waals surface area contributed by atoms with E-state index in [1.54, 1.807) is 29.7 Å². The van der Waals surface area contributed by atoms with Gasteiger partial charge in [-0.1, -0.05) is 41.6 Å². The Morgan fingerprint density at radius 3 is 2.64 bits per heavy atom. The molecule has 0 N–H and O–H groups in total. The minimum absolute atomic E-state index is 0.100. The first-order chi connectivity index (χ1) is 17.5. The number of carbonyl (C=O) groups is 2. The molecule has 7 nitrogen and oxygen atoms in total. The molecule has 0 atom stereocenters. The number of para-hydroxylation sites is 1. The predicted octanol–water partition coefficient (Wildman–Crippen LogP) is 5.10. The van der Waals surface area contributed by atoms with Gasteiger partial charge in [0.15, 0.2) is 5.16 Å². The Bertz CT molecular complexity index is 1290. The molecule has 0 bridgehead atoms. The van der Waals surface area contributed by atoms with Gasteiger partial charge in [0.2, 0.25) is 5.91 Å². The number of piperidine rings is 1. The summed E-state index contributed by atoms with van der Waals surface area (Å²) in [5.74, 6) is 0.600. The fraction of sp³-hybridized carbons (Fsp3) is 0.407. The van der Waals surface area contributed by atoms with Gasteiger partial charge in [-0.3, -0.25) is 19.0 Å². The molecule has 1 aliphatic rings. The second-order valence-electron chi connectivity index (χ2n) is 8.74. The van der Waals surface area contributed by atoms with Crippen LogP contribution < -0.4 is 5.56 Å². The molecule has 190 valence electrons. The van der Waals surface area contributed by atoms with Crippen molar-refractivity contribution in [3.8, 4) is 5.69 Å². The van der Waals surface area contributed by atoms with Crippen LogP contribution in [0.3, 0.4) is 0 Å². The summed E-state index contributed by atoms with van der Waals surface area (Å²) >= 11 is 7.70. The molecular formula is C27H30ClN3O4S. The van der Waals surface area contributed by atoms with Gasteiger partial charge >= 0.3 is 5.97 Å². The molecule has 0 radical (unpaired) electrons. The topological polar surface area (TPSA) is 81.5 Å². The highest BCUT2D eigenvalue weighted by Gasteiger charge is 2.27. The number of amides is 1. The standard InChI is InChI=1S/C27H30ClN3O4S/c1-2-35-26(34)19-13-15-30(16-14-19)24(32)12-5-6-17-36-27-29-23-11-4-3-10-22(23)25(33)31(27)21-9-7-8-20(28)18-21/h3-4,7-11,18-19H,2,5-6,12-17H2,1H3. The van der Waals surface area contributed by atoms with Crippen molar-refractivity contribution in [3.63, 3.8) is 0 Å². The number of thioether (sulfide) groups is 1. The number of likely N-dealkylation sites (tertiary alicyclic amines) is 1. The van der Waals surface area contributed by atoms with Gasteiger partial charge in [0.05, 0.1) is 29.1 Å². The van der Waals surface area contributed by atoms with Crippen LogP contribution in [-0.2, 0) is 14.3 Å². The highest BCUT2D eigenvalue weighted by molar-refractivity contribution is 7.99. The summed E-state index contributed by atoms with van der Waals surface area (Å²) in [6, 6.07) is 14.5. The van der Waals surface area contributed by atoms with E-state index in [0.29, 0.717) is 65.7 Å². The highest BCUT2D eigenvalue weighted by atomic mass is 35.5. The highest BCUT2D eigenvalue weighted by Crippen LogP contribution is 2.24. The molecule has 2 aromatic carbocycles. The average molecular weight is 528 g/mol. The summed E-state index contributed by atoms with van der Waals surface area (Å²) in [6.07, 6.45) is 3.35. The quantitative estimate of drug-likeness (QED) is 0.167. The normalized spacial score (nSPS) is 14.2. The fourth-order valence-electron chi connectivity index (χ4n) is 4.38. The lowest BCUT2D eigenvalue weighted by atomic mass is 9.96. The third-order valence-electron chi connectivity index (χ3n) is 6.30. The smallest absolute Gasteiger partial charge is 0.309 e. The van der Waals surface area contributed by atoms with E-state index >= 15 is 0 Å². The molecule has 36 heavy (non-hydrogen) atoms. The third kappa shape index (κ3) is 6.28. The van der Waals surface area contributed by atoms with E-state index < -0.39 is 0 Å². The number of nitrogens with zero attached hydrogens (tertiary/aromatic N) is 3. The van der Waals surface area contributed by atoms with Crippen LogP contribution in [0.15, 0.2) is 58.5 Å². The molecule has 1 fully saturated rings.